The van der Waals surface area contributed by atoms with Gasteiger partial charge >= 0.3 is 5.97 Å². The van der Waals surface area contributed by atoms with Crippen molar-refractivity contribution in [2.24, 2.45) is 7.05 Å². The third-order valence-electron chi connectivity index (χ3n) is 4.13. The summed E-state index contributed by atoms with van der Waals surface area (Å²) in [6.07, 6.45) is 2.07. The van der Waals surface area contributed by atoms with Crippen molar-refractivity contribution in [1.82, 2.24) is 14.8 Å². The Bertz CT molecular complexity index is 1000. The molecule has 2 N–H and O–H groups in total. The number of carbonyl (C=O) groups excluding carboxylic acids is 1. The molecule has 0 bridgehead atoms. The van der Waals surface area contributed by atoms with Gasteiger partial charge in [-0.2, -0.15) is 5.10 Å². The van der Waals surface area contributed by atoms with E-state index in [0.29, 0.717) is 22.6 Å². The van der Waals surface area contributed by atoms with Crippen LogP contribution < -0.4 is 5.32 Å². The van der Waals surface area contributed by atoms with Crippen LogP contribution in [0.15, 0.2) is 12.3 Å². The molecule has 0 spiro atoms. The van der Waals surface area contributed by atoms with Crippen molar-refractivity contribution in [3.63, 3.8) is 0 Å². The van der Waals surface area contributed by atoms with Crippen molar-refractivity contribution in [2.75, 3.05) is 5.32 Å². The number of carboxylic acid groups (broad SMARTS) is 1. The lowest BCUT2D eigenvalue weighted by molar-refractivity contribution is 0.0697. The van der Waals surface area contributed by atoms with E-state index >= 15 is 0 Å². The van der Waals surface area contributed by atoms with Gasteiger partial charge in [-0.15, -0.1) is 11.3 Å². The Labute approximate surface area is 148 Å². The first-order valence-electron chi connectivity index (χ1n) is 7.79. The van der Waals surface area contributed by atoms with Gasteiger partial charge in [-0.3, -0.25) is 9.48 Å². The van der Waals surface area contributed by atoms with Crippen LogP contribution in [-0.2, 0) is 13.5 Å². The topological polar surface area (TPSA) is 97.1 Å². The minimum absolute atomic E-state index is 0.171. The molecule has 1 amide bonds. The van der Waals surface area contributed by atoms with E-state index in [1.807, 2.05) is 20.8 Å². The number of pyridine rings is 1. The van der Waals surface area contributed by atoms with Crippen LogP contribution in [0.3, 0.4) is 0 Å². The Balaban J connectivity index is 1.98. The molecule has 8 heteroatoms. The lowest BCUT2D eigenvalue weighted by Gasteiger charge is -2.05. The SMILES string of the molecule is CCc1c(C)sc(NC(=O)c2cnc3c(c2)c(C)nn3C)c1C(=O)O. The van der Waals surface area contributed by atoms with E-state index in [-0.39, 0.29) is 11.5 Å². The molecule has 3 heterocycles. The number of thiophene rings is 1. The van der Waals surface area contributed by atoms with Gasteiger partial charge in [0.05, 0.1) is 16.8 Å². The van der Waals surface area contributed by atoms with Gasteiger partial charge in [0.15, 0.2) is 5.65 Å². The van der Waals surface area contributed by atoms with E-state index in [9.17, 15) is 14.7 Å². The predicted molar refractivity (Wildman–Crippen MR) is 96.6 cm³/mol. The molecule has 25 heavy (non-hydrogen) atoms. The molecule has 130 valence electrons. The average molecular weight is 358 g/mol. The maximum atomic E-state index is 12.6. The van der Waals surface area contributed by atoms with Crippen molar-refractivity contribution in [2.45, 2.75) is 27.2 Å². The number of aromatic nitrogens is 3. The fourth-order valence-corrected chi connectivity index (χ4v) is 4.06. The summed E-state index contributed by atoms with van der Waals surface area (Å²) in [5, 5.41) is 17.7. The number of hydrogen-bond donors (Lipinski definition) is 2. The normalized spacial score (nSPS) is 11.0. The van der Waals surface area contributed by atoms with E-state index in [2.05, 4.69) is 15.4 Å². The molecule has 0 aliphatic heterocycles. The van der Waals surface area contributed by atoms with Crippen LogP contribution in [0.1, 0.15) is 43.8 Å². The van der Waals surface area contributed by atoms with Gasteiger partial charge in [0.25, 0.3) is 5.91 Å². The molecule has 7 nitrogen and oxygen atoms in total. The fourth-order valence-electron chi connectivity index (χ4n) is 2.93. The summed E-state index contributed by atoms with van der Waals surface area (Å²) >= 11 is 1.28. The third kappa shape index (κ3) is 2.89. The molecule has 0 fully saturated rings. The second kappa shape index (κ2) is 6.29. The van der Waals surface area contributed by atoms with Gasteiger partial charge in [0.1, 0.15) is 5.00 Å². The summed E-state index contributed by atoms with van der Waals surface area (Å²) in [6.45, 7) is 5.61. The van der Waals surface area contributed by atoms with E-state index in [1.165, 1.54) is 17.5 Å². The number of hydrogen-bond acceptors (Lipinski definition) is 5. The van der Waals surface area contributed by atoms with Crippen LogP contribution in [0.2, 0.25) is 0 Å². The monoisotopic (exact) mass is 358 g/mol. The molecule has 0 radical (unpaired) electrons. The lowest BCUT2D eigenvalue weighted by atomic mass is 10.1. The fraction of sp³-hybridized carbons (Fsp3) is 0.294. The Morgan fingerprint density at radius 1 is 1.36 bits per heavy atom. The van der Waals surface area contributed by atoms with Crippen molar-refractivity contribution < 1.29 is 14.7 Å². The van der Waals surface area contributed by atoms with Gasteiger partial charge in [-0.05, 0) is 31.9 Å². The highest BCUT2D eigenvalue weighted by Gasteiger charge is 2.22. The highest BCUT2D eigenvalue weighted by atomic mass is 32.1. The molecule has 3 aromatic heterocycles. The summed E-state index contributed by atoms with van der Waals surface area (Å²) in [5.74, 6) is -1.42. The predicted octanol–water partition coefficient (Wildman–Crippen LogP) is 3.16. The van der Waals surface area contributed by atoms with Crippen molar-refractivity contribution in [1.29, 1.82) is 0 Å². The van der Waals surface area contributed by atoms with E-state index in [4.69, 9.17) is 0 Å². The zero-order valence-corrected chi connectivity index (χ0v) is 15.2. The average Bonchev–Trinajstić information content (AvgIpc) is 3.03. The molecule has 3 aromatic rings. The van der Waals surface area contributed by atoms with Crippen molar-refractivity contribution >= 4 is 39.2 Å². The van der Waals surface area contributed by atoms with Crippen LogP contribution in [0.5, 0.6) is 0 Å². The van der Waals surface area contributed by atoms with Crippen LogP contribution in [-0.4, -0.2) is 31.7 Å². The largest absolute Gasteiger partial charge is 0.478 e. The molecule has 0 saturated heterocycles. The molecule has 0 saturated carbocycles. The van der Waals surface area contributed by atoms with Crippen LogP contribution in [0.25, 0.3) is 11.0 Å². The first-order valence-corrected chi connectivity index (χ1v) is 8.61. The molecule has 0 unspecified atom stereocenters. The van der Waals surface area contributed by atoms with Gasteiger partial charge in [-0.1, -0.05) is 6.92 Å². The number of aryl methyl sites for hydroxylation is 3. The molecular weight excluding hydrogens is 340 g/mol. The first-order chi connectivity index (χ1) is 11.8. The number of nitrogens with zero attached hydrogens (tertiary/aromatic N) is 3. The summed E-state index contributed by atoms with van der Waals surface area (Å²) in [7, 11) is 1.79. The summed E-state index contributed by atoms with van der Waals surface area (Å²) in [6, 6.07) is 1.72. The maximum absolute atomic E-state index is 12.6. The number of carbonyl (C=O) groups is 2. The standard InChI is InChI=1S/C17H18N4O3S/c1-5-11-9(3)25-16(13(11)17(23)24)19-15(22)10-6-12-8(2)20-21(4)14(12)18-7-10/h6-7H,5H2,1-4H3,(H,19,22)(H,23,24). The quantitative estimate of drug-likeness (QED) is 0.747. The minimum atomic E-state index is -1.03. The van der Waals surface area contributed by atoms with Crippen LogP contribution >= 0.6 is 11.3 Å². The second-order valence-corrected chi connectivity index (χ2v) is 6.98. The molecule has 0 aliphatic carbocycles. The minimum Gasteiger partial charge on any atom is -0.478 e. The summed E-state index contributed by atoms with van der Waals surface area (Å²) in [5.41, 5.74) is 2.77. The maximum Gasteiger partial charge on any atom is 0.339 e. The van der Waals surface area contributed by atoms with E-state index in [1.54, 1.807) is 17.8 Å². The van der Waals surface area contributed by atoms with E-state index in [0.717, 1.165) is 21.5 Å². The third-order valence-corrected chi connectivity index (χ3v) is 5.19. The number of fused-ring (bicyclic) bond motifs is 1. The molecule has 0 aliphatic rings. The highest BCUT2D eigenvalue weighted by molar-refractivity contribution is 7.16. The molecule has 3 rings (SSSR count). The zero-order valence-electron chi connectivity index (χ0n) is 14.4. The van der Waals surface area contributed by atoms with Crippen molar-refractivity contribution in [3.05, 3.63) is 39.5 Å². The van der Waals surface area contributed by atoms with Crippen LogP contribution in [0, 0.1) is 13.8 Å². The Hall–Kier alpha value is -2.74. The van der Waals surface area contributed by atoms with Crippen molar-refractivity contribution in [3.8, 4) is 0 Å². The molecule has 0 aromatic carbocycles. The van der Waals surface area contributed by atoms with Gasteiger partial charge < -0.3 is 10.4 Å². The zero-order chi connectivity index (χ0) is 18.3. The lowest BCUT2D eigenvalue weighted by Crippen LogP contribution is -2.14. The molecule has 0 atom stereocenters. The number of rotatable bonds is 4. The summed E-state index contributed by atoms with van der Waals surface area (Å²) in [4.78, 5) is 29.4. The number of amides is 1. The number of carboxylic acids is 1. The number of anilines is 1. The summed E-state index contributed by atoms with van der Waals surface area (Å²) < 4.78 is 1.66. The Kier molecular flexibility index (Phi) is 4.30. The first kappa shape index (κ1) is 17.1. The van der Waals surface area contributed by atoms with Gasteiger partial charge in [0.2, 0.25) is 0 Å². The number of aromatic carboxylic acids is 1. The Morgan fingerprint density at radius 3 is 2.72 bits per heavy atom. The molecular formula is C17H18N4O3S. The van der Waals surface area contributed by atoms with Crippen LogP contribution in [0.4, 0.5) is 5.00 Å². The second-order valence-electron chi connectivity index (χ2n) is 5.76. The van der Waals surface area contributed by atoms with Gasteiger partial charge in [0, 0.05) is 23.5 Å². The van der Waals surface area contributed by atoms with E-state index < -0.39 is 5.97 Å². The van der Waals surface area contributed by atoms with Gasteiger partial charge in [-0.25, -0.2) is 9.78 Å². The number of nitrogens with one attached hydrogen (secondary N) is 1. The smallest absolute Gasteiger partial charge is 0.339 e. The Morgan fingerprint density at radius 2 is 2.08 bits per heavy atom. The highest BCUT2D eigenvalue weighted by Crippen LogP contribution is 2.33.